The molecule has 1 fully saturated rings. The minimum absolute atomic E-state index is 0.0557. The van der Waals surface area contributed by atoms with Crippen molar-refractivity contribution in [1.82, 2.24) is 5.32 Å². The van der Waals surface area contributed by atoms with E-state index >= 15 is 0 Å². The molecular formula is C24H34BNO. The van der Waals surface area contributed by atoms with Crippen LogP contribution in [0, 0.1) is 24.7 Å². The highest BCUT2D eigenvalue weighted by atomic mass is 16.1. The zero-order valence-corrected chi connectivity index (χ0v) is 17.6. The molecule has 1 aromatic rings. The molecule has 1 aromatic carbocycles. The number of benzene rings is 1. The Bertz CT molecular complexity index is 751. The summed E-state index contributed by atoms with van der Waals surface area (Å²) >= 11 is 0. The highest BCUT2D eigenvalue weighted by Gasteiger charge is 2.48. The van der Waals surface area contributed by atoms with Crippen LogP contribution in [0.1, 0.15) is 43.9 Å². The molecule has 4 unspecified atom stereocenters. The molecular weight excluding hydrogens is 329 g/mol. The molecule has 2 nitrogen and oxygen atoms in total. The second-order valence-electron chi connectivity index (χ2n) is 8.28. The molecule has 144 valence electrons. The van der Waals surface area contributed by atoms with Crippen LogP contribution in [0.15, 0.2) is 49.2 Å². The van der Waals surface area contributed by atoms with Gasteiger partial charge in [0.15, 0.2) is 0 Å². The van der Waals surface area contributed by atoms with Crippen LogP contribution in [0.4, 0.5) is 0 Å². The Balaban J connectivity index is 2.25. The quantitative estimate of drug-likeness (QED) is 0.346. The Morgan fingerprint density at radius 3 is 2.48 bits per heavy atom. The van der Waals surface area contributed by atoms with E-state index in [0.29, 0.717) is 17.8 Å². The van der Waals surface area contributed by atoms with E-state index in [1.54, 1.807) is 0 Å². The summed E-state index contributed by atoms with van der Waals surface area (Å²) in [5.41, 5.74) is 7.24. The van der Waals surface area contributed by atoms with Gasteiger partial charge in [-0.2, -0.15) is 0 Å². The second-order valence-corrected chi connectivity index (χ2v) is 8.28. The van der Waals surface area contributed by atoms with Gasteiger partial charge in [-0.25, -0.2) is 0 Å². The molecule has 1 N–H and O–H groups in total. The fourth-order valence-electron chi connectivity index (χ4n) is 4.25. The summed E-state index contributed by atoms with van der Waals surface area (Å²) in [4.78, 5) is 11.4. The highest BCUT2D eigenvalue weighted by Crippen LogP contribution is 2.56. The van der Waals surface area contributed by atoms with Crippen LogP contribution in [-0.4, -0.2) is 18.8 Å². The molecule has 1 aliphatic carbocycles. The summed E-state index contributed by atoms with van der Waals surface area (Å²) in [6.45, 7) is 23.2. The highest BCUT2D eigenvalue weighted by molar-refractivity contribution is 6.84. The molecule has 0 radical (unpaired) electrons. The van der Waals surface area contributed by atoms with Gasteiger partial charge >= 0.3 is 0 Å². The smallest absolute Gasteiger partial charge is 0.241 e. The van der Waals surface area contributed by atoms with Gasteiger partial charge in [0.25, 0.3) is 0 Å². The normalized spacial score (nSPS) is 21.9. The topological polar surface area (TPSA) is 29.1 Å². The fraction of sp³-hybridized carbons (Fsp3) is 0.458. The van der Waals surface area contributed by atoms with E-state index in [0.717, 1.165) is 24.7 Å². The predicted octanol–water partition coefficient (Wildman–Crippen LogP) is 5.33. The zero-order valence-electron chi connectivity index (χ0n) is 17.6. The SMILES string of the molecule is C=C(CC)NC(Cc1cccc(C(=C)C2C(C)C2C(=C)C)c1C)B(C)C=O. The van der Waals surface area contributed by atoms with Gasteiger partial charge in [0, 0.05) is 11.6 Å². The van der Waals surface area contributed by atoms with Gasteiger partial charge in [0.2, 0.25) is 6.71 Å². The molecule has 4 atom stereocenters. The van der Waals surface area contributed by atoms with Crippen molar-refractivity contribution in [2.45, 2.75) is 53.3 Å². The van der Waals surface area contributed by atoms with Gasteiger partial charge in [-0.3, -0.25) is 0 Å². The average Bonchev–Trinajstić information content (AvgIpc) is 3.32. The third-order valence-corrected chi connectivity index (χ3v) is 6.25. The molecule has 27 heavy (non-hydrogen) atoms. The number of allylic oxidation sites excluding steroid dienone is 3. The first kappa shape index (κ1) is 21.3. The molecule has 0 amide bonds. The number of carbonyl (C=O) groups is 1. The molecule has 0 saturated heterocycles. The van der Waals surface area contributed by atoms with Crippen molar-refractivity contribution in [1.29, 1.82) is 0 Å². The number of hydrogen-bond donors (Lipinski definition) is 1. The molecule has 0 spiro atoms. The second kappa shape index (κ2) is 8.78. The van der Waals surface area contributed by atoms with Crippen LogP contribution in [-0.2, 0) is 11.2 Å². The van der Waals surface area contributed by atoms with Gasteiger partial charge < -0.3 is 10.1 Å². The average molecular weight is 363 g/mol. The summed E-state index contributed by atoms with van der Waals surface area (Å²) < 4.78 is 0. The van der Waals surface area contributed by atoms with Gasteiger partial charge in [0.1, 0.15) is 0 Å². The van der Waals surface area contributed by atoms with Gasteiger partial charge in [-0.15, -0.1) is 0 Å². The fourth-order valence-corrected chi connectivity index (χ4v) is 4.25. The van der Waals surface area contributed by atoms with E-state index in [2.05, 4.69) is 70.9 Å². The van der Waals surface area contributed by atoms with Crippen molar-refractivity contribution in [3.8, 4) is 0 Å². The Morgan fingerprint density at radius 1 is 1.30 bits per heavy atom. The van der Waals surface area contributed by atoms with Crippen LogP contribution in [0.2, 0.25) is 6.82 Å². The number of carbonyl (C=O) groups excluding carboxylic acids is 1. The van der Waals surface area contributed by atoms with Crippen LogP contribution in [0.3, 0.4) is 0 Å². The largest absolute Gasteiger partial charge is 0.392 e. The predicted molar refractivity (Wildman–Crippen MR) is 120 cm³/mol. The Kier molecular flexibility index (Phi) is 6.92. The van der Waals surface area contributed by atoms with Gasteiger partial charge in [0.05, 0.1) is 6.19 Å². The van der Waals surface area contributed by atoms with E-state index in [4.69, 9.17) is 0 Å². The number of nitrogens with one attached hydrogen (secondary N) is 1. The molecule has 0 bridgehead atoms. The van der Waals surface area contributed by atoms with Crippen molar-refractivity contribution in [3.05, 3.63) is 65.9 Å². The summed E-state index contributed by atoms with van der Waals surface area (Å²) in [6, 6.07) is 6.46. The minimum Gasteiger partial charge on any atom is -0.392 e. The van der Waals surface area contributed by atoms with E-state index in [1.165, 1.54) is 27.8 Å². The van der Waals surface area contributed by atoms with E-state index < -0.39 is 0 Å². The number of hydrogen-bond acceptors (Lipinski definition) is 2. The third kappa shape index (κ3) is 4.64. The lowest BCUT2D eigenvalue weighted by Crippen LogP contribution is -2.43. The molecule has 0 heterocycles. The lowest BCUT2D eigenvalue weighted by atomic mass is 9.46. The first-order valence-electron chi connectivity index (χ1n) is 10.1. The Morgan fingerprint density at radius 2 is 1.96 bits per heavy atom. The van der Waals surface area contributed by atoms with Crippen molar-refractivity contribution < 1.29 is 4.79 Å². The van der Waals surface area contributed by atoms with Crippen molar-refractivity contribution >= 4 is 18.5 Å². The summed E-state index contributed by atoms with van der Waals surface area (Å²) in [5, 5.41) is 3.45. The summed E-state index contributed by atoms with van der Waals surface area (Å²) in [5.74, 6) is 1.73. The maximum Gasteiger partial charge on any atom is 0.241 e. The maximum atomic E-state index is 11.4. The molecule has 0 aromatic heterocycles. The number of rotatable bonds is 10. The first-order chi connectivity index (χ1) is 12.7. The minimum atomic E-state index is -0.0733. The molecule has 1 saturated carbocycles. The van der Waals surface area contributed by atoms with Crippen LogP contribution in [0.25, 0.3) is 5.57 Å². The molecule has 1 aliphatic rings. The van der Waals surface area contributed by atoms with E-state index in [-0.39, 0.29) is 12.7 Å². The van der Waals surface area contributed by atoms with Gasteiger partial charge in [-0.1, -0.05) is 64.2 Å². The molecule has 0 aliphatic heterocycles. The monoisotopic (exact) mass is 363 g/mol. The third-order valence-electron chi connectivity index (χ3n) is 6.25. The molecule has 3 heteroatoms. The summed E-state index contributed by atoms with van der Waals surface area (Å²) in [6.07, 6.45) is 2.69. The van der Waals surface area contributed by atoms with E-state index in [9.17, 15) is 4.79 Å². The lowest BCUT2D eigenvalue weighted by Gasteiger charge is -2.24. The van der Waals surface area contributed by atoms with Crippen molar-refractivity contribution in [2.24, 2.45) is 17.8 Å². The van der Waals surface area contributed by atoms with Gasteiger partial charge in [-0.05, 0) is 66.7 Å². The van der Waals surface area contributed by atoms with Crippen molar-refractivity contribution in [3.63, 3.8) is 0 Å². The van der Waals surface area contributed by atoms with Crippen LogP contribution >= 0.6 is 0 Å². The van der Waals surface area contributed by atoms with E-state index in [1.807, 2.05) is 6.82 Å². The van der Waals surface area contributed by atoms with Crippen molar-refractivity contribution in [2.75, 3.05) is 0 Å². The summed E-state index contributed by atoms with van der Waals surface area (Å²) in [7, 11) is 0. The first-order valence-corrected chi connectivity index (χ1v) is 10.1. The van der Waals surface area contributed by atoms with Crippen LogP contribution in [0.5, 0.6) is 0 Å². The lowest BCUT2D eigenvalue weighted by molar-refractivity contribution is 0.565. The zero-order chi connectivity index (χ0) is 20.3. The molecule has 2 rings (SSSR count). The maximum absolute atomic E-state index is 11.4. The standard InChI is InChI=1S/C24H34BNO/c1-9-16(4)26-22(25(8)14-27)13-20-11-10-12-21(17(20)5)18(6)24-19(7)23(24)15(2)3/h10-12,14,19,22-24,26H,2,4,6,9,13H2,1,3,5,7-8H3. The van der Waals surface area contributed by atoms with Crippen LogP contribution < -0.4 is 5.32 Å². The Labute approximate surface area is 165 Å². The Hall–Kier alpha value is -2.03.